The predicted octanol–water partition coefficient (Wildman–Crippen LogP) is 4.65. The molecule has 1 atom stereocenters. The minimum Gasteiger partial charge on any atom is -0.482 e. The Morgan fingerprint density at radius 3 is 2.89 bits per heavy atom. The van der Waals surface area contributed by atoms with Crippen molar-refractivity contribution < 1.29 is 4.74 Å². The fourth-order valence-electron chi connectivity index (χ4n) is 2.05. The third-order valence-corrected chi connectivity index (χ3v) is 3.78. The molecule has 0 saturated carbocycles. The van der Waals surface area contributed by atoms with Crippen LogP contribution in [0.25, 0.3) is 0 Å². The first-order valence-corrected chi connectivity index (χ1v) is 6.85. The summed E-state index contributed by atoms with van der Waals surface area (Å²) >= 11 is 9.64. The lowest BCUT2D eigenvalue weighted by molar-refractivity contribution is 0.210. The molecular weight excluding hydrogens is 314 g/mol. The number of rotatable bonds is 1. The molecule has 1 N–H and O–H groups in total. The van der Waals surface area contributed by atoms with Crippen LogP contribution in [0.15, 0.2) is 46.9 Å². The highest BCUT2D eigenvalue weighted by Crippen LogP contribution is 2.37. The molecule has 3 rings (SSSR count). The number of fused-ring (bicyclic) bond motifs is 1. The molecule has 0 bridgehead atoms. The smallest absolute Gasteiger partial charge is 0.143 e. The summed E-state index contributed by atoms with van der Waals surface area (Å²) in [7, 11) is 0. The summed E-state index contributed by atoms with van der Waals surface area (Å²) in [5.74, 6) is 0.856. The van der Waals surface area contributed by atoms with Gasteiger partial charge < -0.3 is 10.1 Å². The topological polar surface area (TPSA) is 21.3 Å². The first-order chi connectivity index (χ1) is 8.74. The molecule has 1 unspecified atom stereocenters. The molecule has 1 heterocycles. The van der Waals surface area contributed by atoms with Crippen LogP contribution in [-0.2, 0) is 0 Å². The number of nitrogens with one attached hydrogen (secondary N) is 1. The monoisotopic (exact) mass is 323 g/mol. The van der Waals surface area contributed by atoms with Gasteiger partial charge >= 0.3 is 0 Å². The van der Waals surface area contributed by atoms with Gasteiger partial charge in [0.1, 0.15) is 11.9 Å². The maximum Gasteiger partial charge on any atom is 0.143 e. The van der Waals surface area contributed by atoms with Gasteiger partial charge in [-0.3, -0.25) is 0 Å². The minimum atomic E-state index is -0.0487. The molecule has 0 spiro atoms. The van der Waals surface area contributed by atoms with Gasteiger partial charge in [0.05, 0.1) is 12.2 Å². The first-order valence-electron chi connectivity index (χ1n) is 5.68. The average molecular weight is 325 g/mol. The SMILES string of the molecule is Clc1ccccc1C1CNc2cc(Br)ccc2O1. The Bertz CT molecular complexity index is 588. The summed E-state index contributed by atoms with van der Waals surface area (Å²) in [5.41, 5.74) is 2.02. The summed E-state index contributed by atoms with van der Waals surface area (Å²) in [5, 5.41) is 4.11. The van der Waals surface area contributed by atoms with Crippen molar-refractivity contribution in [3.8, 4) is 5.75 Å². The fraction of sp³-hybridized carbons (Fsp3) is 0.143. The van der Waals surface area contributed by atoms with Gasteiger partial charge in [0.2, 0.25) is 0 Å². The summed E-state index contributed by atoms with van der Waals surface area (Å²) < 4.78 is 7.02. The molecule has 2 aromatic rings. The first kappa shape index (κ1) is 11.9. The van der Waals surface area contributed by atoms with Crippen molar-refractivity contribution in [1.82, 2.24) is 0 Å². The number of ether oxygens (including phenoxy) is 1. The third-order valence-electron chi connectivity index (χ3n) is 2.94. The summed E-state index contributed by atoms with van der Waals surface area (Å²) in [6.45, 7) is 0.715. The Balaban J connectivity index is 1.92. The lowest BCUT2D eigenvalue weighted by Gasteiger charge is -2.28. The van der Waals surface area contributed by atoms with Crippen LogP contribution >= 0.6 is 27.5 Å². The van der Waals surface area contributed by atoms with E-state index in [0.29, 0.717) is 6.54 Å². The highest BCUT2D eigenvalue weighted by Gasteiger charge is 2.22. The summed E-state index contributed by atoms with van der Waals surface area (Å²) in [4.78, 5) is 0. The maximum atomic E-state index is 6.19. The van der Waals surface area contributed by atoms with Gasteiger partial charge in [-0.1, -0.05) is 45.7 Å². The predicted molar refractivity (Wildman–Crippen MR) is 77.5 cm³/mol. The second-order valence-corrected chi connectivity index (χ2v) is 5.47. The van der Waals surface area contributed by atoms with Crippen molar-refractivity contribution >= 4 is 33.2 Å². The van der Waals surface area contributed by atoms with E-state index in [0.717, 1.165) is 26.5 Å². The van der Waals surface area contributed by atoms with E-state index in [1.807, 2.05) is 42.5 Å². The molecule has 0 fully saturated rings. The van der Waals surface area contributed by atoms with Gasteiger partial charge in [0.15, 0.2) is 0 Å². The highest BCUT2D eigenvalue weighted by molar-refractivity contribution is 9.10. The number of hydrogen-bond donors (Lipinski definition) is 1. The third kappa shape index (κ3) is 2.20. The molecule has 0 aromatic heterocycles. The zero-order chi connectivity index (χ0) is 12.5. The van der Waals surface area contributed by atoms with Crippen molar-refractivity contribution in [2.45, 2.75) is 6.10 Å². The molecule has 0 saturated heterocycles. The maximum absolute atomic E-state index is 6.19. The van der Waals surface area contributed by atoms with E-state index in [9.17, 15) is 0 Å². The van der Waals surface area contributed by atoms with Crippen LogP contribution in [0.5, 0.6) is 5.75 Å². The van der Waals surface area contributed by atoms with Gasteiger partial charge in [-0.2, -0.15) is 0 Å². The van der Waals surface area contributed by atoms with E-state index in [4.69, 9.17) is 16.3 Å². The Labute approximate surface area is 119 Å². The van der Waals surface area contributed by atoms with Crippen LogP contribution < -0.4 is 10.1 Å². The Morgan fingerprint density at radius 1 is 1.22 bits per heavy atom. The molecule has 0 aliphatic carbocycles. The highest BCUT2D eigenvalue weighted by atomic mass is 79.9. The standard InChI is InChI=1S/C14H11BrClNO/c15-9-5-6-13-12(7-9)17-8-14(18-13)10-3-1-2-4-11(10)16/h1-7,14,17H,8H2. The van der Waals surface area contributed by atoms with Crippen molar-refractivity contribution in [2.75, 3.05) is 11.9 Å². The molecule has 1 aliphatic rings. The van der Waals surface area contributed by atoms with E-state index in [1.54, 1.807) is 0 Å². The zero-order valence-electron chi connectivity index (χ0n) is 9.49. The Hall–Kier alpha value is -1.19. The fourth-order valence-corrected chi connectivity index (χ4v) is 2.67. The largest absolute Gasteiger partial charge is 0.482 e. The summed E-state index contributed by atoms with van der Waals surface area (Å²) in [6.07, 6.45) is -0.0487. The van der Waals surface area contributed by atoms with Gasteiger partial charge in [0.25, 0.3) is 0 Å². The van der Waals surface area contributed by atoms with E-state index in [2.05, 4.69) is 21.2 Å². The molecule has 2 nitrogen and oxygen atoms in total. The number of anilines is 1. The normalized spacial score (nSPS) is 17.6. The van der Waals surface area contributed by atoms with Crippen molar-refractivity contribution in [2.24, 2.45) is 0 Å². The molecule has 4 heteroatoms. The van der Waals surface area contributed by atoms with Crippen LogP contribution in [-0.4, -0.2) is 6.54 Å². The lowest BCUT2D eigenvalue weighted by atomic mass is 10.1. The Kier molecular flexibility index (Phi) is 3.18. The van der Waals surface area contributed by atoms with E-state index >= 15 is 0 Å². The molecule has 92 valence electrons. The van der Waals surface area contributed by atoms with Crippen LogP contribution in [0.1, 0.15) is 11.7 Å². The van der Waals surface area contributed by atoms with Crippen molar-refractivity contribution in [1.29, 1.82) is 0 Å². The molecule has 0 amide bonds. The van der Waals surface area contributed by atoms with Crippen LogP contribution in [0.3, 0.4) is 0 Å². The van der Waals surface area contributed by atoms with Gasteiger partial charge in [-0.25, -0.2) is 0 Å². The minimum absolute atomic E-state index is 0.0487. The van der Waals surface area contributed by atoms with Gasteiger partial charge in [-0.05, 0) is 24.3 Å². The average Bonchev–Trinajstić information content (AvgIpc) is 2.39. The molecule has 18 heavy (non-hydrogen) atoms. The molecule has 0 radical (unpaired) electrons. The molecule has 1 aliphatic heterocycles. The summed E-state index contributed by atoms with van der Waals surface area (Å²) in [6, 6.07) is 13.7. The Morgan fingerprint density at radius 2 is 2.06 bits per heavy atom. The quantitative estimate of drug-likeness (QED) is 0.824. The van der Waals surface area contributed by atoms with Crippen molar-refractivity contribution in [3.63, 3.8) is 0 Å². The van der Waals surface area contributed by atoms with Gasteiger partial charge in [0, 0.05) is 15.1 Å². The molecule has 2 aromatic carbocycles. The second kappa shape index (κ2) is 4.82. The van der Waals surface area contributed by atoms with E-state index in [-0.39, 0.29) is 6.10 Å². The van der Waals surface area contributed by atoms with E-state index in [1.165, 1.54) is 0 Å². The molecular formula is C14H11BrClNO. The van der Waals surface area contributed by atoms with Crippen molar-refractivity contribution in [3.05, 3.63) is 57.5 Å². The van der Waals surface area contributed by atoms with E-state index < -0.39 is 0 Å². The number of hydrogen-bond acceptors (Lipinski definition) is 2. The number of benzene rings is 2. The number of halogens is 2. The van der Waals surface area contributed by atoms with Crippen LogP contribution in [0.2, 0.25) is 5.02 Å². The van der Waals surface area contributed by atoms with Crippen LogP contribution in [0.4, 0.5) is 5.69 Å². The van der Waals surface area contributed by atoms with Crippen LogP contribution in [0, 0.1) is 0 Å². The van der Waals surface area contributed by atoms with Gasteiger partial charge in [-0.15, -0.1) is 0 Å². The lowest BCUT2D eigenvalue weighted by Crippen LogP contribution is -2.23. The zero-order valence-corrected chi connectivity index (χ0v) is 11.8. The second-order valence-electron chi connectivity index (χ2n) is 4.15.